The minimum absolute atomic E-state index is 0.208. The summed E-state index contributed by atoms with van der Waals surface area (Å²) in [6, 6.07) is 8.76. The van der Waals surface area contributed by atoms with E-state index in [-0.39, 0.29) is 11.7 Å². The molecule has 1 aromatic carbocycles. The Labute approximate surface area is 183 Å². The first-order chi connectivity index (χ1) is 14.9. The number of nitrogens with zero attached hydrogens (tertiary/aromatic N) is 3. The van der Waals surface area contributed by atoms with Crippen LogP contribution in [-0.4, -0.2) is 42.8 Å². The first-order valence-corrected chi connectivity index (χ1v) is 11.2. The van der Waals surface area contributed by atoms with E-state index in [2.05, 4.69) is 46.1 Å². The van der Waals surface area contributed by atoms with Crippen LogP contribution in [0.5, 0.6) is 0 Å². The number of nitrogens with one attached hydrogen (secondary N) is 1. The van der Waals surface area contributed by atoms with Gasteiger partial charge < -0.3 is 19.5 Å². The smallest absolute Gasteiger partial charge is 0.343 e. The maximum absolute atomic E-state index is 12.8. The van der Waals surface area contributed by atoms with Crippen molar-refractivity contribution in [2.24, 2.45) is 4.99 Å². The van der Waals surface area contributed by atoms with Crippen molar-refractivity contribution in [3.05, 3.63) is 58.3 Å². The Morgan fingerprint density at radius 2 is 2.19 bits per heavy atom. The number of hydrogen-bond donors (Lipinski definition) is 1. The number of hydrogen-bond acceptors (Lipinski definition) is 6. The van der Waals surface area contributed by atoms with E-state index in [4.69, 9.17) is 4.42 Å². The lowest BCUT2D eigenvalue weighted by Gasteiger charge is -2.33. The molecule has 0 saturated carbocycles. The molecule has 0 spiro atoms. The summed E-state index contributed by atoms with van der Waals surface area (Å²) in [5.41, 5.74) is 3.87. The van der Waals surface area contributed by atoms with Crippen LogP contribution >= 0.6 is 0 Å². The van der Waals surface area contributed by atoms with Crippen LogP contribution in [0.3, 0.4) is 0 Å². The average Bonchev–Trinajstić information content (AvgIpc) is 2.74. The Morgan fingerprint density at radius 3 is 2.97 bits per heavy atom. The molecule has 1 unspecified atom stereocenters. The van der Waals surface area contributed by atoms with Crippen molar-refractivity contribution in [2.45, 2.75) is 52.6 Å². The molecular weight excluding hydrogens is 388 g/mol. The van der Waals surface area contributed by atoms with Gasteiger partial charge in [0.1, 0.15) is 5.58 Å². The predicted molar refractivity (Wildman–Crippen MR) is 129 cm³/mol. The molecule has 6 nitrogen and oxygen atoms in total. The Kier molecular flexibility index (Phi) is 6.28. The van der Waals surface area contributed by atoms with Gasteiger partial charge in [0.25, 0.3) is 0 Å². The highest BCUT2D eigenvalue weighted by Crippen LogP contribution is 2.25. The van der Waals surface area contributed by atoms with Crippen LogP contribution in [-0.2, 0) is 0 Å². The highest BCUT2D eigenvalue weighted by atomic mass is 16.4. The van der Waals surface area contributed by atoms with Crippen molar-refractivity contribution in [3.63, 3.8) is 0 Å². The normalized spacial score (nSPS) is 22.2. The molecule has 1 fully saturated rings. The summed E-state index contributed by atoms with van der Waals surface area (Å²) in [7, 11) is 0. The second-order valence-electron chi connectivity index (χ2n) is 8.63. The average molecular weight is 421 g/mol. The van der Waals surface area contributed by atoms with Gasteiger partial charge in [0, 0.05) is 61.4 Å². The van der Waals surface area contributed by atoms with E-state index in [0.29, 0.717) is 17.2 Å². The Balaban J connectivity index is 1.64. The van der Waals surface area contributed by atoms with Crippen LogP contribution < -0.4 is 15.8 Å². The quantitative estimate of drug-likeness (QED) is 0.728. The first-order valence-electron chi connectivity index (χ1n) is 11.2. The van der Waals surface area contributed by atoms with E-state index in [9.17, 15) is 4.79 Å². The van der Waals surface area contributed by atoms with Gasteiger partial charge in [-0.3, -0.25) is 4.99 Å². The van der Waals surface area contributed by atoms with Gasteiger partial charge in [-0.25, -0.2) is 4.79 Å². The lowest BCUT2D eigenvalue weighted by atomic mass is 10.1. The van der Waals surface area contributed by atoms with Crippen LogP contribution in [0, 0.1) is 0 Å². The van der Waals surface area contributed by atoms with Gasteiger partial charge in [-0.05, 0) is 51.0 Å². The standard InChI is InChI=1S/C25H32N4O2/c1-5-6-22-13-27-19(4)16-29(22)14-17(2)23-11-20-7-8-21(12-24(20)31-25(23)30)28-10-9-26-18(3)15-28/h7-8,11-14,16,18,22,26H,5-6,9-10,15H2,1-4H3/b17-14+/t18-,22?/m1/s1. The molecule has 0 radical (unpaired) electrons. The molecule has 31 heavy (non-hydrogen) atoms. The molecule has 6 heteroatoms. The number of aliphatic imine (C=N–C) groups is 1. The number of piperazine rings is 1. The number of allylic oxidation sites excluding steroid dienone is 2. The number of anilines is 1. The van der Waals surface area contributed by atoms with Crippen molar-refractivity contribution in [1.29, 1.82) is 0 Å². The highest BCUT2D eigenvalue weighted by molar-refractivity contribution is 5.83. The second-order valence-corrected chi connectivity index (χ2v) is 8.63. The van der Waals surface area contributed by atoms with Crippen molar-refractivity contribution in [3.8, 4) is 0 Å². The van der Waals surface area contributed by atoms with E-state index in [1.165, 1.54) is 0 Å². The third-order valence-electron chi connectivity index (χ3n) is 5.97. The SMILES string of the molecule is CCCC1C=NC(C)=CN1/C=C(\C)c1cc2ccc(N3CCN[C@H](C)C3)cc2oc1=O. The number of rotatable bonds is 5. The highest BCUT2D eigenvalue weighted by Gasteiger charge is 2.18. The third kappa shape index (κ3) is 4.74. The van der Waals surface area contributed by atoms with Gasteiger partial charge in [-0.1, -0.05) is 13.3 Å². The molecule has 2 aromatic rings. The van der Waals surface area contributed by atoms with E-state index in [1.54, 1.807) is 0 Å². The minimum atomic E-state index is -0.300. The number of fused-ring (bicyclic) bond motifs is 1. The minimum Gasteiger partial charge on any atom is -0.422 e. The van der Waals surface area contributed by atoms with E-state index in [1.807, 2.05) is 44.6 Å². The molecule has 164 valence electrons. The van der Waals surface area contributed by atoms with Gasteiger partial charge in [0.2, 0.25) is 0 Å². The lowest BCUT2D eigenvalue weighted by Crippen LogP contribution is -2.49. The first kappa shape index (κ1) is 21.4. The predicted octanol–water partition coefficient (Wildman–Crippen LogP) is 4.37. The van der Waals surface area contributed by atoms with Crippen LogP contribution in [0.2, 0.25) is 0 Å². The molecule has 1 aromatic heterocycles. The van der Waals surface area contributed by atoms with Gasteiger partial charge in [0.15, 0.2) is 0 Å². The van der Waals surface area contributed by atoms with Gasteiger partial charge >= 0.3 is 5.63 Å². The summed E-state index contributed by atoms with van der Waals surface area (Å²) in [5.74, 6) is 0. The van der Waals surface area contributed by atoms with Crippen molar-refractivity contribution in [2.75, 3.05) is 24.5 Å². The van der Waals surface area contributed by atoms with Crippen LogP contribution in [0.15, 0.2) is 56.6 Å². The van der Waals surface area contributed by atoms with Crippen molar-refractivity contribution < 1.29 is 4.42 Å². The fraction of sp³-hybridized carbons (Fsp3) is 0.440. The van der Waals surface area contributed by atoms with Crippen LogP contribution in [0.25, 0.3) is 16.5 Å². The van der Waals surface area contributed by atoms with E-state index < -0.39 is 0 Å². The molecule has 2 atom stereocenters. The maximum Gasteiger partial charge on any atom is 0.343 e. The lowest BCUT2D eigenvalue weighted by molar-refractivity contribution is 0.418. The summed E-state index contributed by atoms with van der Waals surface area (Å²) in [6.07, 6.45) is 8.14. The Morgan fingerprint density at radius 1 is 1.35 bits per heavy atom. The van der Waals surface area contributed by atoms with E-state index >= 15 is 0 Å². The third-order valence-corrected chi connectivity index (χ3v) is 5.97. The van der Waals surface area contributed by atoms with Crippen LogP contribution in [0.1, 0.15) is 46.1 Å². The van der Waals surface area contributed by atoms with Crippen molar-refractivity contribution >= 4 is 28.4 Å². The fourth-order valence-corrected chi connectivity index (χ4v) is 4.31. The summed E-state index contributed by atoms with van der Waals surface area (Å²) in [4.78, 5) is 21.8. The zero-order chi connectivity index (χ0) is 22.0. The maximum atomic E-state index is 12.8. The van der Waals surface area contributed by atoms with E-state index in [0.717, 1.165) is 54.8 Å². The van der Waals surface area contributed by atoms with Gasteiger partial charge in [0.05, 0.1) is 17.3 Å². The molecule has 4 rings (SSSR count). The molecule has 0 bridgehead atoms. The summed E-state index contributed by atoms with van der Waals surface area (Å²) in [6.45, 7) is 11.2. The molecule has 0 aliphatic carbocycles. The summed E-state index contributed by atoms with van der Waals surface area (Å²) >= 11 is 0. The summed E-state index contributed by atoms with van der Waals surface area (Å²) < 4.78 is 5.76. The topological polar surface area (TPSA) is 61.1 Å². The molecule has 3 heterocycles. The Bertz CT molecular complexity index is 1100. The molecule has 0 amide bonds. The molecule has 1 N–H and O–H groups in total. The second kappa shape index (κ2) is 9.10. The van der Waals surface area contributed by atoms with Gasteiger partial charge in [-0.2, -0.15) is 0 Å². The zero-order valence-electron chi connectivity index (χ0n) is 18.9. The Hall–Kier alpha value is -2.86. The molecule has 2 aliphatic rings. The molecular formula is C25H32N4O2. The van der Waals surface area contributed by atoms with Gasteiger partial charge in [-0.15, -0.1) is 0 Å². The zero-order valence-corrected chi connectivity index (χ0v) is 18.9. The molecule has 1 saturated heterocycles. The molecule has 2 aliphatic heterocycles. The van der Waals surface area contributed by atoms with Crippen molar-refractivity contribution in [1.82, 2.24) is 10.2 Å². The fourth-order valence-electron chi connectivity index (χ4n) is 4.31. The largest absolute Gasteiger partial charge is 0.422 e. The summed E-state index contributed by atoms with van der Waals surface area (Å²) in [5, 5.41) is 4.39. The number of benzene rings is 1. The van der Waals surface area contributed by atoms with Crippen LogP contribution in [0.4, 0.5) is 5.69 Å². The monoisotopic (exact) mass is 420 g/mol.